The number of halogens is 3. The molecule has 0 aliphatic carbocycles. The molecule has 0 unspecified atom stereocenters. The Bertz CT molecular complexity index is 352. The number of ether oxygens (including phenoxy) is 1. The Morgan fingerprint density at radius 1 is 1.21 bits per heavy atom. The molecule has 0 aromatic carbocycles. The van der Waals surface area contributed by atoms with Crippen molar-refractivity contribution < 1.29 is 17.9 Å². The molecule has 0 spiro atoms. The van der Waals surface area contributed by atoms with E-state index < -0.39 is 29.4 Å². The highest BCUT2D eigenvalue weighted by molar-refractivity contribution is 5.62. The molecule has 1 aromatic rings. The number of nitrogens with two attached hydrogens (primary N) is 2. The Morgan fingerprint density at radius 2 is 1.79 bits per heavy atom. The molecule has 0 saturated carbocycles. The Labute approximate surface area is 76.9 Å². The van der Waals surface area contributed by atoms with Crippen molar-refractivity contribution in [1.82, 2.24) is 9.97 Å². The first-order valence-electron chi connectivity index (χ1n) is 3.40. The molecule has 1 rings (SSSR count). The highest BCUT2D eigenvalue weighted by Gasteiger charge is 2.37. The molecule has 1 aromatic heterocycles. The number of nitrogen functional groups attached to an aromatic ring is 2. The van der Waals surface area contributed by atoms with Crippen molar-refractivity contribution in [3.8, 4) is 6.01 Å². The first-order chi connectivity index (χ1) is 6.36. The van der Waals surface area contributed by atoms with E-state index in [9.17, 15) is 13.2 Å². The molecule has 1 heterocycles. The summed E-state index contributed by atoms with van der Waals surface area (Å²) in [6.07, 6.45) is -4.67. The smallest absolute Gasteiger partial charge is 0.435 e. The SMILES string of the molecule is COc1nc(N)c(N)c(C(F)(F)F)n1. The van der Waals surface area contributed by atoms with Gasteiger partial charge in [-0.3, -0.25) is 0 Å². The maximum absolute atomic E-state index is 12.3. The van der Waals surface area contributed by atoms with Crippen LogP contribution in [0.15, 0.2) is 0 Å². The topological polar surface area (TPSA) is 87.0 Å². The average Bonchev–Trinajstić information content (AvgIpc) is 2.07. The van der Waals surface area contributed by atoms with Crippen LogP contribution in [0.2, 0.25) is 0 Å². The van der Waals surface area contributed by atoms with Gasteiger partial charge >= 0.3 is 12.2 Å². The summed E-state index contributed by atoms with van der Waals surface area (Å²) in [5.74, 6) is -0.454. The molecular weight excluding hydrogens is 201 g/mol. The van der Waals surface area contributed by atoms with Crippen molar-refractivity contribution in [3.05, 3.63) is 5.69 Å². The maximum atomic E-state index is 12.3. The quantitative estimate of drug-likeness (QED) is 0.708. The fraction of sp³-hybridized carbons (Fsp3) is 0.333. The van der Waals surface area contributed by atoms with Crippen molar-refractivity contribution in [2.75, 3.05) is 18.6 Å². The lowest BCUT2D eigenvalue weighted by Gasteiger charge is -2.10. The highest BCUT2D eigenvalue weighted by atomic mass is 19.4. The molecule has 0 radical (unpaired) electrons. The van der Waals surface area contributed by atoms with E-state index in [2.05, 4.69) is 14.7 Å². The number of hydrogen-bond donors (Lipinski definition) is 2. The summed E-state index contributed by atoms with van der Waals surface area (Å²) in [6.45, 7) is 0. The molecule has 14 heavy (non-hydrogen) atoms. The van der Waals surface area contributed by atoms with Crippen LogP contribution in [0.25, 0.3) is 0 Å². The first-order valence-corrected chi connectivity index (χ1v) is 3.40. The third-order valence-electron chi connectivity index (χ3n) is 1.41. The summed E-state index contributed by atoms with van der Waals surface area (Å²) < 4.78 is 41.2. The predicted octanol–water partition coefficient (Wildman–Crippen LogP) is 0.668. The van der Waals surface area contributed by atoms with Gasteiger partial charge in [-0.25, -0.2) is 0 Å². The van der Waals surface area contributed by atoms with E-state index >= 15 is 0 Å². The van der Waals surface area contributed by atoms with Gasteiger partial charge in [-0.1, -0.05) is 0 Å². The van der Waals surface area contributed by atoms with E-state index in [0.717, 1.165) is 7.11 Å². The summed E-state index contributed by atoms with van der Waals surface area (Å²) in [5.41, 5.74) is 8.22. The number of alkyl halides is 3. The van der Waals surface area contributed by atoms with Gasteiger partial charge in [0, 0.05) is 0 Å². The van der Waals surface area contributed by atoms with E-state index in [0.29, 0.717) is 0 Å². The second kappa shape index (κ2) is 3.20. The lowest BCUT2D eigenvalue weighted by molar-refractivity contribution is -0.140. The molecule has 8 heteroatoms. The average molecular weight is 208 g/mol. The summed E-state index contributed by atoms with van der Waals surface area (Å²) in [6, 6.07) is -0.468. The van der Waals surface area contributed by atoms with Gasteiger partial charge in [0.15, 0.2) is 11.5 Å². The van der Waals surface area contributed by atoms with Gasteiger partial charge in [0.25, 0.3) is 0 Å². The van der Waals surface area contributed by atoms with Gasteiger partial charge in [0.05, 0.1) is 7.11 Å². The van der Waals surface area contributed by atoms with Crippen molar-refractivity contribution in [2.24, 2.45) is 0 Å². The van der Waals surface area contributed by atoms with Crippen LogP contribution in [-0.4, -0.2) is 17.1 Å². The molecule has 5 nitrogen and oxygen atoms in total. The van der Waals surface area contributed by atoms with E-state index in [1.807, 2.05) is 0 Å². The van der Waals surface area contributed by atoms with Crippen molar-refractivity contribution in [2.45, 2.75) is 6.18 Å². The standard InChI is InChI=1S/C6H7F3N4O/c1-14-5-12-3(6(7,8)9)2(10)4(11)13-5/h10H2,1H3,(H2,11,12,13). The second-order valence-corrected chi connectivity index (χ2v) is 2.36. The van der Waals surface area contributed by atoms with Gasteiger partial charge in [-0.2, -0.15) is 23.1 Å². The van der Waals surface area contributed by atoms with Crippen molar-refractivity contribution in [1.29, 1.82) is 0 Å². The normalized spacial score (nSPS) is 11.4. The van der Waals surface area contributed by atoms with Gasteiger partial charge in [0.1, 0.15) is 5.69 Å². The third kappa shape index (κ3) is 1.78. The number of anilines is 2. The van der Waals surface area contributed by atoms with Crippen LogP contribution in [0, 0.1) is 0 Å². The zero-order valence-corrected chi connectivity index (χ0v) is 7.09. The van der Waals surface area contributed by atoms with Crippen molar-refractivity contribution >= 4 is 11.5 Å². The van der Waals surface area contributed by atoms with Gasteiger partial charge in [-0.05, 0) is 0 Å². The van der Waals surface area contributed by atoms with Crippen LogP contribution in [0.3, 0.4) is 0 Å². The van der Waals surface area contributed by atoms with Crippen LogP contribution < -0.4 is 16.2 Å². The summed E-state index contributed by atoms with van der Waals surface area (Å²) in [5, 5.41) is 0. The molecule has 0 bridgehead atoms. The Kier molecular flexibility index (Phi) is 2.37. The van der Waals surface area contributed by atoms with Gasteiger partial charge in [-0.15, -0.1) is 0 Å². The zero-order valence-electron chi connectivity index (χ0n) is 7.09. The molecule has 0 aliphatic rings. The first kappa shape index (κ1) is 10.4. The van der Waals surface area contributed by atoms with Crippen LogP contribution in [0.4, 0.5) is 24.7 Å². The summed E-state index contributed by atoms with van der Waals surface area (Å²) >= 11 is 0. The van der Waals surface area contributed by atoms with Gasteiger partial charge < -0.3 is 16.2 Å². The zero-order chi connectivity index (χ0) is 10.9. The van der Waals surface area contributed by atoms with Crippen LogP contribution in [-0.2, 0) is 6.18 Å². The van der Waals surface area contributed by atoms with E-state index in [-0.39, 0.29) is 0 Å². The van der Waals surface area contributed by atoms with E-state index in [1.165, 1.54) is 0 Å². The van der Waals surface area contributed by atoms with Gasteiger partial charge in [0.2, 0.25) is 0 Å². The largest absolute Gasteiger partial charge is 0.467 e. The molecule has 0 atom stereocenters. The number of rotatable bonds is 1. The number of methoxy groups -OCH3 is 1. The number of hydrogen-bond acceptors (Lipinski definition) is 5. The number of aromatic nitrogens is 2. The lowest BCUT2D eigenvalue weighted by Crippen LogP contribution is -2.15. The monoisotopic (exact) mass is 208 g/mol. The predicted molar refractivity (Wildman–Crippen MR) is 42.4 cm³/mol. The Balaban J connectivity index is 3.35. The Hall–Kier alpha value is -1.73. The minimum absolute atomic E-state index is 0.454. The molecule has 0 amide bonds. The van der Waals surface area contributed by atoms with Crippen LogP contribution >= 0.6 is 0 Å². The maximum Gasteiger partial charge on any atom is 0.435 e. The fourth-order valence-corrected chi connectivity index (χ4v) is 0.773. The Morgan fingerprint density at radius 3 is 2.21 bits per heavy atom. The second-order valence-electron chi connectivity index (χ2n) is 2.36. The third-order valence-corrected chi connectivity index (χ3v) is 1.41. The highest BCUT2D eigenvalue weighted by Crippen LogP contribution is 2.34. The van der Waals surface area contributed by atoms with Crippen LogP contribution in [0.1, 0.15) is 5.69 Å². The molecule has 4 N–H and O–H groups in total. The van der Waals surface area contributed by atoms with Crippen LogP contribution in [0.5, 0.6) is 6.01 Å². The summed E-state index contributed by atoms with van der Waals surface area (Å²) in [4.78, 5) is 6.44. The number of nitrogens with zero attached hydrogens (tertiary/aromatic N) is 2. The minimum Gasteiger partial charge on any atom is -0.467 e. The minimum atomic E-state index is -4.67. The van der Waals surface area contributed by atoms with E-state index in [4.69, 9.17) is 11.5 Å². The lowest BCUT2D eigenvalue weighted by atomic mass is 10.3. The molecular formula is C6H7F3N4O. The molecule has 0 saturated heterocycles. The molecule has 0 aliphatic heterocycles. The molecule has 0 fully saturated rings. The van der Waals surface area contributed by atoms with E-state index in [1.54, 1.807) is 0 Å². The van der Waals surface area contributed by atoms with Crippen molar-refractivity contribution in [3.63, 3.8) is 0 Å². The summed E-state index contributed by atoms with van der Waals surface area (Å²) in [7, 11) is 1.13. The molecule has 78 valence electrons. The fourth-order valence-electron chi connectivity index (χ4n) is 0.773.